The van der Waals surface area contributed by atoms with Gasteiger partial charge in [-0.1, -0.05) is 19.9 Å². The van der Waals surface area contributed by atoms with E-state index >= 15 is 0 Å². The molecule has 0 spiro atoms. The van der Waals surface area contributed by atoms with E-state index in [-0.39, 0.29) is 5.91 Å². The summed E-state index contributed by atoms with van der Waals surface area (Å²) in [5.74, 6) is 1.40. The molecule has 1 aromatic carbocycles. The highest BCUT2D eigenvalue weighted by atomic mass is 16.1. The van der Waals surface area contributed by atoms with Gasteiger partial charge in [0.2, 0.25) is 0 Å². The molecule has 0 radical (unpaired) electrons. The smallest absolute Gasteiger partial charge is 0.253 e. The molecule has 2 rings (SSSR count). The number of hydrogen-bond donors (Lipinski definition) is 2. The van der Waals surface area contributed by atoms with E-state index in [4.69, 9.17) is 5.73 Å². The van der Waals surface area contributed by atoms with Crippen LogP contribution in [0.5, 0.6) is 0 Å². The van der Waals surface area contributed by atoms with Gasteiger partial charge >= 0.3 is 0 Å². The van der Waals surface area contributed by atoms with Crippen molar-refractivity contribution in [1.82, 2.24) is 5.32 Å². The van der Waals surface area contributed by atoms with Gasteiger partial charge in [0.25, 0.3) is 5.91 Å². The molecule has 3 unspecified atom stereocenters. The van der Waals surface area contributed by atoms with Crippen LogP contribution in [0.2, 0.25) is 0 Å². The summed E-state index contributed by atoms with van der Waals surface area (Å²) in [7, 11) is 0. The second-order valence-electron chi connectivity index (χ2n) is 6.03. The Kier molecular flexibility index (Phi) is 4.13. The Morgan fingerprint density at radius 1 is 1.26 bits per heavy atom. The standard InChI is InChI=1S/C16H24N2O/c1-10-4-7-14(15(17)8-10)16(19)18-13-6-5-11(2)12(3)9-13/h4,7-8,11-13H,5-6,9,17H2,1-3H3,(H,18,19). The van der Waals surface area contributed by atoms with Crippen molar-refractivity contribution >= 4 is 11.6 Å². The first-order chi connectivity index (χ1) is 8.97. The maximum Gasteiger partial charge on any atom is 0.253 e. The second kappa shape index (κ2) is 5.64. The predicted octanol–water partition coefficient (Wildman–Crippen LogP) is 3.13. The van der Waals surface area contributed by atoms with Crippen molar-refractivity contribution in [2.45, 2.75) is 46.1 Å². The summed E-state index contributed by atoms with van der Waals surface area (Å²) in [6, 6.07) is 5.88. The first-order valence-corrected chi connectivity index (χ1v) is 7.14. The van der Waals surface area contributed by atoms with Crippen LogP contribution in [0.25, 0.3) is 0 Å². The second-order valence-corrected chi connectivity index (χ2v) is 6.03. The molecule has 3 heteroatoms. The van der Waals surface area contributed by atoms with Crippen LogP contribution in [-0.4, -0.2) is 11.9 Å². The molecule has 0 aromatic heterocycles. The fourth-order valence-electron chi connectivity index (χ4n) is 2.83. The van der Waals surface area contributed by atoms with Gasteiger partial charge in [0, 0.05) is 11.7 Å². The fourth-order valence-corrected chi connectivity index (χ4v) is 2.83. The summed E-state index contributed by atoms with van der Waals surface area (Å²) in [4.78, 5) is 12.2. The van der Waals surface area contributed by atoms with Gasteiger partial charge in [0.15, 0.2) is 0 Å². The average Bonchev–Trinajstić information content (AvgIpc) is 2.33. The number of rotatable bonds is 2. The zero-order valence-corrected chi connectivity index (χ0v) is 12.1. The lowest BCUT2D eigenvalue weighted by molar-refractivity contribution is 0.0911. The van der Waals surface area contributed by atoms with Gasteiger partial charge in [-0.2, -0.15) is 0 Å². The zero-order chi connectivity index (χ0) is 14.0. The van der Waals surface area contributed by atoms with Gasteiger partial charge in [0.05, 0.1) is 5.56 Å². The minimum atomic E-state index is -0.0377. The third-order valence-corrected chi connectivity index (χ3v) is 4.39. The Morgan fingerprint density at radius 2 is 2.00 bits per heavy atom. The SMILES string of the molecule is Cc1ccc(C(=O)NC2CCC(C)C(C)C2)c(N)c1. The zero-order valence-electron chi connectivity index (χ0n) is 12.1. The Balaban J connectivity index is 2.01. The molecule has 1 fully saturated rings. The van der Waals surface area contributed by atoms with Crippen LogP contribution in [0.1, 0.15) is 49.0 Å². The Morgan fingerprint density at radius 3 is 2.63 bits per heavy atom. The van der Waals surface area contributed by atoms with Crippen LogP contribution < -0.4 is 11.1 Å². The highest BCUT2D eigenvalue weighted by Gasteiger charge is 2.26. The molecule has 3 atom stereocenters. The molecule has 1 aromatic rings. The number of hydrogen-bond acceptors (Lipinski definition) is 2. The quantitative estimate of drug-likeness (QED) is 0.803. The number of benzene rings is 1. The summed E-state index contributed by atoms with van der Waals surface area (Å²) in [6.45, 7) is 6.53. The molecule has 1 aliphatic rings. The van der Waals surface area contributed by atoms with Crippen molar-refractivity contribution in [3.05, 3.63) is 29.3 Å². The fraction of sp³-hybridized carbons (Fsp3) is 0.562. The number of amides is 1. The van der Waals surface area contributed by atoms with E-state index in [1.165, 1.54) is 6.42 Å². The summed E-state index contributed by atoms with van der Waals surface area (Å²) in [5, 5.41) is 3.13. The lowest BCUT2D eigenvalue weighted by Gasteiger charge is -2.32. The van der Waals surface area contributed by atoms with E-state index in [0.717, 1.165) is 24.3 Å². The highest BCUT2D eigenvalue weighted by molar-refractivity contribution is 5.99. The van der Waals surface area contributed by atoms with Crippen LogP contribution in [-0.2, 0) is 0 Å². The summed E-state index contributed by atoms with van der Waals surface area (Å²) in [5.41, 5.74) is 8.15. The van der Waals surface area contributed by atoms with E-state index in [9.17, 15) is 4.79 Å². The lowest BCUT2D eigenvalue weighted by Crippen LogP contribution is -2.40. The van der Waals surface area contributed by atoms with Gasteiger partial charge in [-0.25, -0.2) is 0 Å². The van der Waals surface area contributed by atoms with Crippen LogP contribution in [0.15, 0.2) is 18.2 Å². The first-order valence-electron chi connectivity index (χ1n) is 7.14. The molecule has 0 heterocycles. The van der Waals surface area contributed by atoms with Gasteiger partial charge in [-0.15, -0.1) is 0 Å². The van der Waals surface area contributed by atoms with Gasteiger partial charge < -0.3 is 11.1 Å². The number of nitrogens with one attached hydrogen (secondary N) is 1. The third-order valence-electron chi connectivity index (χ3n) is 4.39. The molecule has 1 saturated carbocycles. The van der Waals surface area contributed by atoms with Crippen molar-refractivity contribution in [1.29, 1.82) is 0 Å². The van der Waals surface area contributed by atoms with E-state index in [1.807, 2.05) is 25.1 Å². The maximum absolute atomic E-state index is 12.2. The predicted molar refractivity (Wildman–Crippen MR) is 79.0 cm³/mol. The normalized spacial score (nSPS) is 27.0. The third kappa shape index (κ3) is 3.28. The molecular weight excluding hydrogens is 236 g/mol. The molecule has 0 aliphatic heterocycles. The molecule has 19 heavy (non-hydrogen) atoms. The highest BCUT2D eigenvalue weighted by Crippen LogP contribution is 2.29. The Bertz CT molecular complexity index is 470. The minimum absolute atomic E-state index is 0.0377. The largest absolute Gasteiger partial charge is 0.398 e. The van der Waals surface area contributed by atoms with Crippen molar-refractivity contribution in [3.8, 4) is 0 Å². The van der Waals surface area contributed by atoms with Crippen molar-refractivity contribution in [2.75, 3.05) is 5.73 Å². The number of carbonyl (C=O) groups excluding carboxylic acids is 1. The van der Waals surface area contributed by atoms with Gasteiger partial charge in [0.1, 0.15) is 0 Å². The van der Waals surface area contributed by atoms with E-state index in [0.29, 0.717) is 23.2 Å². The van der Waals surface area contributed by atoms with Crippen molar-refractivity contribution in [2.24, 2.45) is 11.8 Å². The summed E-state index contributed by atoms with van der Waals surface area (Å²) in [6.07, 6.45) is 3.33. The average molecular weight is 260 g/mol. The topological polar surface area (TPSA) is 55.1 Å². The van der Waals surface area contributed by atoms with Crippen LogP contribution in [0.3, 0.4) is 0 Å². The molecule has 104 valence electrons. The number of carbonyl (C=O) groups is 1. The maximum atomic E-state index is 12.2. The monoisotopic (exact) mass is 260 g/mol. The Hall–Kier alpha value is -1.51. The number of nitrogens with two attached hydrogens (primary N) is 1. The van der Waals surface area contributed by atoms with E-state index < -0.39 is 0 Å². The number of nitrogen functional groups attached to an aromatic ring is 1. The van der Waals surface area contributed by atoms with Crippen LogP contribution in [0.4, 0.5) is 5.69 Å². The minimum Gasteiger partial charge on any atom is -0.398 e. The first kappa shape index (κ1) is 13.9. The molecule has 1 aliphatic carbocycles. The number of anilines is 1. The van der Waals surface area contributed by atoms with Gasteiger partial charge in [-0.05, 0) is 55.7 Å². The lowest BCUT2D eigenvalue weighted by atomic mass is 9.79. The number of aryl methyl sites for hydroxylation is 1. The van der Waals surface area contributed by atoms with Gasteiger partial charge in [-0.3, -0.25) is 4.79 Å². The summed E-state index contributed by atoms with van der Waals surface area (Å²) >= 11 is 0. The molecule has 1 amide bonds. The van der Waals surface area contributed by atoms with Crippen molar-refractivity contribution in [3.63, 3.8) is 0 Å². The molecule has 0 bridgehead atoms. The molecule has 3 N–H and O–H groups in total. The molecule has 0 saturated heterocycles. The molecular formula is C16H24N2O. The summed E-state index contributed by atoms with van der Waals surface area (Å²) < 4.78 is 0. The Labute approximate surface area is 115 Å². The van der Waals surface area contributed by atoms with E-state index in [2.05, 4.69) is 19.2 Å². The molecule has 3 nitrogen and oxygen atoms in total. The van der Waals surface area contributed by atoms with Crippen molar-refractivity contribution < 1.29 is 4.79 Å². The van der Waals surface area contributed by atoms with E-state index in [1.54, 1.807) is 0 Å². The van der Waals surface area contributed by atoms with Crippen LogP contribution in [0, 0.1) is 18.8 Å². The van der Waals surface area contributed by atoms with Crippen LogP contribution >= 0.6 is 0 Å².